The highest BCUT2D eigenvalue weighted by molar-refractivity contribution is 6.32. The molecule has 0 unspecified atom stereocenters. The second kappa shape index (κ2) is 9.22. The number of amides is 1. The van der Waals surface area contributed by atoms with Crippen LogP contribution in [0.15, 0.2) is 30.5 Å². The van der Waals surface area contributed by atoms with Crippen molar-refractivity contribution >= 4 is 23.5 Å². The van der Waals surface area contributed by atoms with Crippen LogP contribution in [0, 0.1) is 6.92 Å². The summed E-state index contributed by atoms with van der Waals surface area (Å²) < 4.78 is 1.66. The molecule has 1 amide bonds. The van der Waals surface area contributed by atoms with E-state index in [1.165, 1.54) is 0 Å². The molecule has 2 N–H and O–H groups in total. The lowest BCUT2D eigenvalue weighted by Crippen LogP contribution is -2.24. The van der Waals surface area contributed by atoms with E-state index >= 15 is 0 Å². The van der Waals surface area contributed by atoms with Gasteiger partial charge in [0, 0.05) is 13.0 Å². The van der Waals surface area contributed by atoms with Crippen molar-refractivity contribution in [1.29, 1.82) is 0 Å². The molecule has 1 aromatic carbocycles. The molecule has 0 bridgehead atoms. The smallest absolute Gasteiger partial charge is 0.303 e. The van der Waals surface area contributed by atoms with Crippen molar-refractivity contribution in [2.45, 2.75) is 39.0 Å². The van der Waals surface area contributed by atoms with Crippen LogP contribution in [0.5, 0.6) is 0 Å². The molecular weight excluding hydrogens is 342 g/mol. The van der Waals surface area contributed by atoms with E-state index in [-0.39, 0.29) is 12.3 Å². The molecule has 0 radical (unpaired) electrons. The topological polar surface area (TPSA) is 84.2 Å². The van der Waals surface area contributed by atoms with Crippen molar-refractivity contribution in [3.63, 3.8) is 0 Å². The number of unbranched alkanes of at least 4 members (excludes halogenated alkanes) is 3. The Morgan fingerprint density at radius 2 is 1.92 bits per heavy atom. The number of aliphatic carboxylic acids is 1. The zero-order chi connectivity index (χ0) is 18.2. The third-order valence-corrected chi connectivity index (χ3v) is 4.26. The van der Waals surface area contributed by atoms with Gasteiger partial charge < -0.3 is 10.4 Å². The monoisotopic (exact) mass is 363 g/mol. The van der Waals surface area contributed by atoms with E-state index in [1.807, 2.05) is 25.1 Å². The second-order valence-electron chi connectivity index (χ2n) is 5.82. The molecule has 6 nitrogen and oxygen atoms in total. The lowest BCUT2D eigenvalue weighted by Gasteiger charge is -2.08. The summed E-state index contributed by atoms with van der Waals surface area (Å²) in [4.78, 5) is 22.7. The summed E-state index contributed by atoms with van der Waals surface area (Å²) in [5.41, 5.74) is 1.98. The Labute approximate surface area is 151 Å². The Morgan fingerprint density at radius 3 is 2.64 bits per heavy atom. The highest BCUT2D eigenvalue weighted by Crippen LogP contribution is 2.21. The molecule has 134 valence electrons. The number of carboxylic acid groups (broad SMARTS) is 1. The Morgan fingerprint density at radius 1 is 1.20 bits per heavy atom. The number of rotatable bonds is 9. The maximum absolute atomic E-state index is 12.3. The van der Waals surface area contributed by atoms with Gasteiger partial charge in [0.25, 0.3) is 5.91 Å². The molecule has 0 saturated carbocycles. The summed E-state index contributed by atoms with van der Waals surface area (Å²) in [6, 6.07) is 7.34. The SMILES string of the molecule is Cc1c(C(=O)NCCCCCCC(=O)O)cnn1-c1ccccc1Cl. The number of carbonyl (C=O) groups is 2. The van der Waals surface area contributed by atoms with Crippen molar-refractivity contribution in [3.8, 4) is 5.69 Å². The standard InChI is InChI=1S/C18H22ClN3O3/c1-13-14(12-21-22(13)16-9-6-5-8-15(16)19)18(25)20-11-7-3-2-4-10-17(23)24/h5-6,8-9,12H,2-4,7,10-11H2,1H3,(H,20,25)(H,23,24). The van der Waals surface area contributed by atoms with Crippen LogP contribution in [0.25, 0.3) is 5.69 Å². The second-order valence-corrected chi connectivity index (χ2v) is 6.23. The van der Waals surface area contributed by atoms with Gasteiger partial charge in [-0.3, -0.25) is 9.59 Å². The predicted octanol–water partition coefficient (Wildman–Crippen LogP) is 3.60. The molecule has 2 aromatic rings. The van der Waals surface area contributed by atoms with Gasteiger partial charge >= 0.3 is 5.97 Å². The fourth-order valence-electron chi connectivity index (χ4n) is 2.55. The van der Waals surface area contributed by atoms with Crippen LogP contribution in [0.3, 0.4) is 0 Å². The van der Waals surface area contributed by atoms with Crippen LogP contribution >= 0.6 is 11.6 Å². The van der Waals surface area contributed by atoms with Crippen LogP contribution in [-0.4, -0.2) is 33.3 Å². The molecule has 1 aromatic heterocycles. The molecular formula is C18H22ClN3O3. The molecule has 2 rings (SSSR count). The third-order valence-electron chi connectivity index (χ3n) is 3.94. The van der Waals surface area contributed by atoms with Crippen molar-refractivity contribution in [2.75, 3.05) is 6.54 Å². The van der Waals surface area contributed by atoms with E-state index in [2.05, 4.69) is 10.4 Å². The Bertz CT molecular complexity index is 743. The fourth-order valence-corrected chi connectivity index (χ4v) is 2.77. The Hall–Kier alpha value is -2.34. The zero-order valence-corrected chi connectivity index (χ0v) is 14.9. The first-order valence-corrected chi connectivity index (χ1v) is 8.68. The summed E-state index contributed by atoms with van der Waals surface area (Å²) in [7, 11) is 0. The number of carbonyl (C=O) groups excluding carboxylic acids is 1. The first-order chi connectivity index (χ1) is 12.0. The van der Waals surface area contributed by atoms with Gasteiger partial charge in [0.2, 0.25) is 0 Å². The number of halogens is 1. The average Bonchev–Trinajstić information content (AvgIpc) is 2.95. The van der Waals surface area contributed by atoms with Crippen molar-refractivity contribution < 1.29 is 14.7 Å². The van der Waals surface area contributed by atoms with E-state index in [0.29, 0.717) is 23.6 Å². The minimum Gasteiger partial charge on any atom is -0.481 e. The highest BCUT2D eigenvalue weighted by Gasteiger charge is 2.15. The number of nitrogens with one attached hydrogen (secondary N) is 1. The molecule has 0 fully saturated rings. The first kappa shape index (κ1) is 19.0. The summed E-state index contributed by atoms with van der Waals surface area (Å²) in [5.74, 6) is -0.930. The fraction of sp³-hybridized carbons (Fsp3) is 0.389. The van der Waals surface area contributed by atoms with Crippen LogP contribution < -0.4 is 5.32 Å². The van der Waals surface area contributed by atoms with E-state index in [0.717, 1.165) is 30.6 Å². The Kier molecular flexibility index (Phi) is 7.01. The van der Waals surface area contributed by atoms with E-state index in [1.54, 1.807) is 16.9 Å². The van der Waals surface area contributed by atoms with E-state index in [4.69, 9.17) is 16.7 Å². The van der Waals surface area contributed by atoms with E-state index < -0.39 is 5.97 Å². The maximum atomic E-state index is 12.3. The summed E-state index contributed by atoms with van der Waals surface area (Å²) >= 11 is 6.19. The Balaban J connectivity index is 1.85. The first-order valence-electron chi connectivity index (χ1n) is 8.30. The maximum Gasteiger partial charge on any atom is 0.303 e. The number of nitrogens with zero attached hydrogens (tertiary/aromatic N) is 2. The molecule has 0 aliphatic carbocycles. The van der Waals surface area contributed by atoms with Gasteiger partial charge in [0.05, 0.1) is 28.2 Å². The predicted molar refractivity (Wildman–Crippen MR) is 96.4 cm³/mol. The molecule has 7 heteroatoms. The molecule has 0 spiro atoms. The quantitative estimate of drug-likeness (QED) is 0.667. The minimum absolute atomic E-state index is 0.165. The number of aromatic nitrogens is 2. The molecule has 0 aliphatic rings. The number of benzene rings is 1. The zero-order valence-electron chi connectivity index (χ0n) is 14.2. The largest absolute Gasteiger partial charge is 0.481 e. The van der Waals surface area contributed by atoms with E-state index in [9.17, 15) is 9.59 Å². The lowest BCUT2D eigenvalue weighted by molar-refractivity contribution is -0.137. The van der Waals surface area contributed by atoms with Gasteiger partial charge in [0.1, 0.15) is 0 Å². The van der Waals surface area contributed by atoms with Gasteiger partial charge in [0.15, 0.2) is 0 Å². The van der Waals surface area contributed by atoms with Crippen LogP contribution in [0.4, 0.5) is 0 Å². The van der Waals surface area contributed by atoms with Gasteiger partial charge in [-0.2, -0.15) is 5.10 Å². The minimum atomic E-state index is -0.765. The number of hydrogen-bond acceptors (Lipinski definition) is 3. The molecule has 1 heterocycles. The molecule has 0 aliphatic heterocycles. The average molecular weight is 364 g/mol. The van der Waals surface area contributed by atoms with Crippen molar-refractivity contribution in [3.05, 3.63) is 46.7 Å². The molecule has 25 heavy (non-hydrogen) atoms. The van der Waals surface area contributed by atoms with Crippen LogP contribution in [-0.2, 0) is 4.79 Å². The third kappa shape index (κ3) is 5.32. The summed E-state index contributed by atoms with van der Waals surface area (Å²) in [5, 5.41) is 16.3. The summed E-state index contributed by atoms with van der Waals surface area (Å²) in [6.45, 7) is 2.39. The lowest BCUT2D eigenvalue weighted by atomic mass is 10.1. The normalized spacial score (nSPS) is 10.6. The van der Waals surface area contributed by atoms with Gasteiger partial charge in [-0.1, -0.05) is 36.6 Å². The number of carboxylic acids is 1. The van der Waals surface area contributed by atoms with Crippen molar-refractivity contribution in [2.24, 2.45) is 0 Å². The van der Waals surface area contributed by atoms with Crippen LogP contribution in [0.2, 0.25) is 5.02 Å². The van der Waals surface area contributed by atoms with Gasteiger partial charge in [-0.25, -0.2) is 4.68 Å². The van der Waals surface area contributed by atoms with Gasteiger partial charge in [-0.05, 0) is 31.9 Å². The number of para-hydroxylation sites is 1. The van der Waals surface area contributed by atoms with Crippen LogP contribution in [0.1, 0.15) is 48.2 Å². The van der Waals surface area contributed by atoms with Gasteiger partial charge in [-0.15, -0.1) is 0 Å². The number of hydrogen-bond donors (Lipinski definition) is 2. The van der Waals surface area contributed by atoms with Crippen molar-refractivity contribution in [1.82, 2.24) is 15.1 Å². The summed E-state index contributed by atoms with van der Waals surface area (Å²) in [6.07, 6.45) is 4.99. The molecule has 0 saturated heterocycles. The molecule has 0 atom stereocenters. The highest BCUT2D eigenvalue weighted by atomic mass is 35.5.